The van der Waals surface area contributed by atoms with E-state index in [9.17, 15) is 13.6 Å². The van der Waals surface area contributed by atoms with Crippen molar-refractivity contribution in [1.82, 2.24) is 9.97 Å². The van der Waals surface area contributed by atoms with E-state index in [4.69, 9.17) is 5.73 Å². The predicted molar refractivity (Wildman–Crippen MR) is 77.2 cm³/mol. The number of hydrogen-bond acceptors (Lipinski definition) is 4. The van der Waals surface area contributed by atoms with Crippen LogP contribution in [-0.2, 0) is 4.74 Å². The van der Waals surface area contributed by atoms with Crippen LogP contribution in [0.25, 0.3) is 22.2 Å². The van der Waals surface area contributed by atoms with Crippen LogP contribution in [0.4, 0.5) is 14.5 Å². The summed E-state index contributed by atoms with van der Waals surface area (Å²) in [6, 6.07) is 6.07. The maximum atomic E-state index is 14.5. The van der Waals surface area contributed by atoms with Crippen molar-refractivity contribution in [2.24, 2.45) is 0 Å². The van der Waals surface area contributed by atoms with Gasteiger partial charge in [0.15, 0.2) is 17.3 Å². The van der Waals surface area contributed by atoms with Crippen LogP contribution in [0.5, 0.6) is 0 Å². The number of nitrogens with one attached hydrogen (secondary N) is 1. The number of nitrogens with two attached hydrogens (primary N) is 1. The van der Waals surface area contributed by atoms with Crippen LogP contribution >= 0.6 is 0 Å². The number of nitrogens with zero attached hydrogens (tertiary/aromatic N) is 1. The van der Waals surface area contributed by atoms with Crippen molar-refractivity contribution in [1.29, 1.82) is 0 Å². The van der Waals surface area contributed by atoms with Crippen LogP contribution in [0.2, 0.25) is 0 Å². The first kappa shape index (κ1) is 14.0. The highest BCUT2D eigenvalue weighted by atomic mass is 19.1. The van der Waals surface area contributed by atoms with E-state index in [1.165, 1.54) is 12.1 Å². The van der Waals surface area contributed by atoms with E-state index in [2.05, 4.69) is 14.7 Å². The summed E-state index contributed by atoms with van der Waals surface area (Å²) in [6.07, 6.45) is 1.60. The number of aromatic amines is 1. The Morgan fingerprint density at radius 3 is 2.77 bits per heavy atom. The number of fused-ring (bicyclic) bond motifs is 1. The number of carbonyl (C=O) groups excluding carboxylic acids is 1. The minimum atomic E-state index is -0.989. The third-order valence-electron chi connectivity index (χ3n) is 3.31. The van der Waals surface area contributed by atoms with Crippen molar-refractivity contribution in [3.63, 3.8) is 0 Å². The molecule has 7 heteroatoms. The van der Waals surface area contributed by atoms with Crippen LogP contribution in [0.3, 0.4) is 0 Å². The lowest BCUT2D eigenvalue weighted by molar-refractivity contribution is 0.0588. The highest BCUT2D eigenvalue weighted by Gasteiger charge is 2.20. The van der Waals surface area contributed by atoms with Crippen molar-refractivity contribution in [2.45, 2.75) is 0 Å². The quantitative estimate of drug-likeness (QED) is 0.713. The molecule has 0 unspecified atom stereocenters. The van der Waals surface area contributed by atoms with Gasteiger partial charge in [-0.1, -0.05) is 6.07 Å². The largest absolute Gasteiger partial charge is 0.464 e. The van der Waals surface area contributed by atoms with E-state index in [1.807, 2.05) is 0 Å². The molecular weight excluding hydrogens is 292 g/mol. The van der Waals surface area contributed by atoms with Gasteiger partial charge in [0.05, 0.1) is 24.0 Å². The minimum absolute atomic E-state index is 0.0494. The molecule has 2 aromatic heterocycles. The van der Waals surface area contributed by atoms with Gasteiger partial charge >= 0.3 is 5.97 Å². The molecule has 0 aliphatic rings. The van der Waals surface area contributed by atoms with Crippen LogP contribution in [0.1, 0.15) is 10.5 Å². The number of esters is 1. The maximum absolute atomic E-state index is 14.5. The predicted octanol–water partition coefficient (Wildman–Crippen LogP) is 2.88. The van der Waals surface area contributed by atoms with E-state index < -0.39 is 23.3 Å². The number of pyridine rings is 1. The molecule has 0 bridgehead atoms. The van der Waals surface area contributed by atoms with Crippen molar-refractivity contribution in [3.05, 3.63) is 47.8 Å². The van der Waals surface area contributed by atoms with Crippen LogP contribution in [-0.4, -0.2) is 23.0 Å². The lowest BCUT2D eigenvalue weighted by atomic mass is 10.1. The fourth-order valence-corrected chi connectivity index (χ4v) is 2.21. The fraction of sp³-hybridized carbons (Fsp3) is 0.0667. The molecule has 0 spiro atoms. The molecule has 2 heterocycles. The zero-order valence-corrected chi connectivity index (χ0v) is 11.5. The summed E-state index contributed by atoms with van der Waals surface area (Å²) in [5.74, 6) is -2.53. The van der Waals surface area contributed by atoms with Gasteiger partial charge in [-0.05, 0) is 18.2 Å². The molecular formula is C15H11F2N3O2. The third-order valence-corrected chi connectivity index (χ3v) is 3.31. The lowest BCUT2D eigenvalue weighted by Crippen LogP contribution is -2.11. The van der Waals surface area contributed by atoms with Crippen molar-refractivity contribution in [2.75, 3.05) is 12.8 Å². The summed E-state index contributed by atoms with van der Waals surface area (Å²) in [5.41, 5.74) is 5.10. The molecule has 3 N–H and O–H groups in total. The number of hydrogen-bond donors (Lipinski definition) is 2. The molecule has 1 aromatic carbocycles. The summed E-state index contributed by atoms with van der Waals surface area (Å²) in [4.78, 5) is 18.2. The Bertz CT molecular complexity index is 890. The van der Waals surface area contributed by atoms with Gasteiger partial charge in [-0.15, -0.1) is 0 Å². The Morgan fingerprint density at radius 1 is 1.27 bits per heavy atom. The second-order valence-electron chi connectivity index (χ2n) is 4.62. The Balaban J connectivity index is 2.24. The molecule has 0 aliphatic heterocycles. The third kappa shape index (κ3) is 2.07. The fourth-order valence-electron chi connectivity index (χ4n) is 2.21. The van der Waals surface area contributed by atoms with Gasteiger partial charge in [-0.2, -0.15) is 0 Å². The number of benzene rings is 1. The average Bonchev–Trinajstić information content (AvgIpc) is 2.99. The minimum Gasteiger partial charge on any atom is -0.464 e. The summed E-state index contributed by atoms with van der Waals surface area (Å²) in [5, 5.41) is 0.685. The zero-order chi connectivity index (χ0) is 15.9. The number of H-pyrrole nitrogens is 1. The smallest absolute Gasteiger partial charge is 0.359 e. The summed E-state index contributed by atoms with van der Waals surface area (Å²) in [7, 11) is 1.10. The molecule has 0 fully saturated rings. The number of carbonyl (C=O) groups is 1. The zero-order valence-electron chi connectivity index (χ0n) is 11.5. The number of aromatic nitrogens is 2. The summed E-state index contributed by atoms with van der Waals surface area (Å²) >= 11 is 0. The maximum Gasteiger partial charge on any atom is 0.359 e. The van der Waals surface area contributed by atoms with Crippen LogP contribution in [0.15, 0.2) is 30.5 Å². The van der Waals surface area contributed by atoms with Crippen LogP contribution in [0, 0.1) is 11.6 Å². The average molecular weight is 303 g/mol. The normalized spacial score (nSPS) is 10.9. The molecule has 112 valence electrons. The molecule has 0 amide bonds. The summed E-state index contributed by atoms with van der Waals surface area (Å²) in [6.45, 7) is 0. The number of rotatable bonds is 2. The van der Waals surface area contributed by atoms with Gasteiger partial charge in [-0.3, -0.25) is 0 Å². The first-order chi connectivity index (χ1) is 10.5. The van der Waals surface area contributed by atoms with E-state index in [0.717, 1.165) is 7.11 Å². The Hall–Kier alpha value is -2.96. The number of ether oxygens (including phenoxy) is 1. The molecule has 0 saturated heterocycles. The van der Waals surface area contributed by atoms with Crippen LogP contribution < -0.4 is 5.73 Å². The number of anilines is 1. The number of methoxy groups -OCH3 is 1. The Labute approximate surface area is 123 Å². The van der Waals surface area contributed by atoms with Crippen molar-refractivity contribution >= 4 is 22.6 Å². The molecule has 3 rings (SSSR count). The molecule has 0 radical (unpaired) electrons. The van der Waals surface area contributed by atoms with Crippen molar-refractivity contribution < 1.29 is 18.3 Å². The van der Waals surface area contributed by atoms with Gasteiger partial charge in [0.25, 0.3) is 0 Å². The topological polar surface area (TPSA) is 81.0 Å². The molecule has 0 aliphatic carbocycles. The molecule has 22 heavy (non-hydrogen) atoms. The highest BCUT2D eigenvalue weighted by Crippen LogP contribution is 2.29. The Kier molecular flexibility index (Phi) is 3.25. The van der Waals surface area contributed by atoms with Gasteiger partial charge < -0.3 is 15.5 Å². The SMILES string of the molecule is COC(=O)c1nc(-c2ccc3cc[nH]c3c2F)cc(N)c1F. The van der Waals surface area contributed by atoms with Gasteiger partial charge in [-0.25, -0.2) is 18.6 Å². The van der Waals surface area contributed by atoms with Crippen molar-refractivity contribution in [3.8, 4) is 11.3 Å². The monoisotopic (exact) mass is 303 g/mol. The van der Waals surface area contributed by atoms with E-state index in [0.29, 0.717) is 10.9 Å². The molecule has 0 saturated carbocycles. The number of nitrogen functional groups attached to an aromatic ring is 1. The summed E-state index contributed by atoms with van der Waals surface area (Å²) < 4.78 is 32.8. The second-order valence-corrected chi connectivity index (χ2v) is 4.62. The Morgan fingerprint density at radius 2 is 2.05 bits per heavy atom. The van der Waals surface area contributed by atoms with E-state index in [-0.39, 0.29) is 16.9 Å². The van der Waals surface area contributed by atoms with Gasteiger partial charge in [0.1, 0.15) is 0 Å². The first-order valence-electron chi connectivity index (χ1n) is 6.33. The van der Waals surface area contributed by atoms with E-state index in [1.54, 1.807) is 18.3 Å². The standard InChI is InChI=1S/C15H11F2N3O2/c1-22-15(21)14-12(17)9(18)6-10(20-14)8-3-2-7-4-5-19-13(7)11(8)16/h2-6,19H,1H3,(H2,18,20). The first-order valence-corrected chi connectivity index (χ1v) is 6.33. The second kappa shape index (κ2) is 5.10. The molecule has 3 aromatic rings. The lowest BCUT2D eigenvalue weighted by Gasteiger charge is -2.09. The van der Waals surface area contributed by atoms with Gasteiger partial charge in [0.2, 0.25) is 0 Å². The molecule has 5 nitrogen and oxygen atoms in total. The van der Waals surface area contributed by atoms with E-state index >= 15 is 0 Å². The number of halogens is 2. The van der Waals surface area contributed by atoms with Gasteiger partial charge in [0, 0.05) is 17.1 Å². The molecule has 0 atom stereocenters. The highest BCUT2D eigenvalue weighted by molar-refractivity contribution is 5.90.